The van der Waals surface area contributed by atoms with E-state index in [0.717, 1.165) is 23.5 Å². The van der Waals surface area contributed by atoms with E-state index in [2.05, 4.69) is 4.98 Å². The first kappa shape index (κ1) is 23.7. The van der Waals surface area contributed by atoms with Gasteiger partial charge in [-0.2, -0.15) is 13.2 Å². The number of piperidine rings is 1. The molecule has 31 heavy (non-hydrogen) atoms. The Bertz CT molecular complexity index is 871. The number of nitrogens with zero attached hydrogens (tertiary/aromatic N) is 2. The highest BCUT2D eigenvalue weighted by atomic mass is 32.2. The maximum Gasteiger partial charge on any atom is 0.446 e. The minimum atomic E-state index is -4.30. The molecule has 10 heteroatoms. The molecule has 1 aromatic heterocycles. The Morgan fingerprint density at radius 1 is 1.19 bits per heavy atom. The molecule has 1 aromatic carbocycles. The summed E-state index contributed by atoms with van der Waals surface area (Å²) in [6, 6.07) is 5.82. The molecular formula is C21H25F3N2O3S2. The summed E-state index contributed by atoms with van der Waals surface area (Å²) in [5.74, 6) is 0.780. The number of rotatable bonds is 5. The van der Waals surface area contributed by atoms with Crippen LogP contribution in [-0.4, -0.2) is 40.2 Å². The lowest BCUT2D eigenvalue weighted by Crippen LogP contribution is -2.41. The maximum absolute atomic E-state index is 12.4. The first-order valence-corrected chi connectivity index (χ1v) is 11.6. The lowest BCUT2D eigenvalue weighted by Gasteiger charge is -2.32. The average molecular weight is 475 g/mol. The number of hydrogen-bond acceptors (Lipinski definition) is 6. The van der Waals surface area contributed by atoms with Gasteiger partial charge < -0.3 is 14.4 Å². The zero-order chi connectivity index (χ0) is 22.6. The van der Waals surface area contributed by atoms with Crippen molar-refractivity contribution >= 4 is 29.2 Å². The van der Waals surface area contributed by atoms with E-state index >= 15 is 0 Å². The van der Waals surface area contributed by atoms with Crippen molar-refractivity contribution in [2.45, 2.75) is 62.1 Å². The van der Waals surface area contributed by atoms with Gasteiger partial charge in [0, 0.05) is 29.3 Å². The number of likely N-dealkylation sites (tertiary alicyclic amines) is 1. The van der Waals surface area contributed by atoms with E-state index < -0.39 is 11.1 Å². The Morgan fingerprint density at radius 3 is 2.42 bits per heavy atom. The minimum absolute atomic E-state index is 0.119. The van der Waals surface area contributed by atoms with Crippen LogP contribution in [0, 0.1) is 0 Å². The van der Waals surface area contributed by atoms with Crippen LogP contribution >= 0.6 is 23.1 Å². The van der Waals surface area contributed by atoms with Gasteiger partial charge in [0.15, 0.2) is 0 Å². The van der Waals surface area contributed by atoms with E-state index in [4.69, 9.17) is 9.47 Å². The van der Waals surface area contributed by atoms with Crippen molar-refractivity contribution in [2.75, 3.05) is 13.1 Å². The molecule has 1 aliphatic rings. The quantitative estimate of drug-likeness (QED) is 0.466. The molecular weight excluding hydrogens is 449 g/mol. The summed E-state index contributed by atoms with van der Waals surface area (Å²) >= 11 is 1.41. The number of carbonyl (C=O) groups excluding carboxylic acids is 1. The molecule has 170 valence electrons. The number of thiazole rings is 1. The third kappa shape index (κ3) is 7.60. The van der Waals surface area contributed by atoms with Gasteiger partial charge in [-0.25, -0.2) is 9.78 Å². The fourth-order valence-electron chi connectivity index (χ4n) is 3.11. The van der Waals surface area contributed by atoms with E-state index in [-0.39, 0.29) is 35.3 Å². The smallest absolute Gasteiger partial charge is 0.446 e. The Morgan fingerprint density at radius 2 is 1.84 bits per heavy atom. The van der Waals surface area contributed by atoms with Gasteiger partial charge in [0.25, 0.3) is 0 Å². The summed E-state index contributed by atoms with van der Waals surface area (Å²) in [6.07, 6.45) is 1.37. The second-order valence-electron chi connectivity index (χ2n) is 8.23. The molecule has 2 heterocycles. The van der Waals surface area contributed by atoms with Crippen molar-refractivity contribution in [1.29, 1.82) is 0 Å². The van der Waals surface area contributed by atoms with E-state index in [1.807, 2.05) is 26.2 Å². The van der Waals surface area contributed by atoms with Crippen LogP contribution in [0.2, 0.25) is 0 Å². The van der Waals surface area contributed by atoms with Gasteiger partial charge in [0.1, 0.15) is 18.0 Å². The Labute approximate surface area is 187 Å². The van der Waals surface area contributed by atoms with Crippen molar-refractivity contribution < 1.29 is 27.4 Å². The van der Waals surface area contributed by atoms with Crippen LogP contribution in [0.4, 0.5) is 18.0 Å². The second-order valence-corrected chi connectivity index (χ2v) is 10.3. The van der Waals surface area contributed by atoms with Crippen molar-refractivity contribution in [3.05, 3.63) is 40.3 Å². The largest absolute Gasteiger partial charge is 0.487 e. The number of alkyl halides is 3. The van der Waals surface area contributed by atoms with Crippen LogP contribution in [0.25, 0.3) is 0 Å². The van der Waals surface area contributed by atoms with Gasteiger partial charge in [0.2, 0.25) is 0 Å². The Kier molecular flexibility index (Phi) is 7.41. The summed E-state index contributed by atoms with van der Waals surface area (Å²) in [7, 11) is 0. The van der Waals surface area contributed by atoms with Crippen LogP contribution < -0.4 is 4.74 Å². The van der Waals surface area contributed by atoms with E-state index in [9.17, 15) is 18.0 Å². The molecule has 0 saturated carbocycles. The van der Waals surface area contributed by atoms with E-state index in [1.54, 1.807) is 16.2 Å². The molecule has 1 fully saturated rings. The molecule has 0 bridgehead atoms. The third-order valence-electron chi connectivity index (χ3n) is 4.51. The fraction of sp³-hybridized carbons (Fsp3) is 0.524. The molecule has 1 amide bonds. The average Bonchev–Trinajstić information content (AvgIpc) is 3.14. The molecule has 3 rings (SSSR count). The predicted octanol–water partition coefficient (Wildman–Crippen LogP) is 6.45. The summed E-state index contributed by atoms with van der Waals surface area (Å²) in [4.78, 5) is 18.7. The molecule has 1 saturated heterocycles. The normalized spacial score (nSPS) is 15.7. The minimum Gasteiger partial charge on any atom is -0.487 e. The lowest BCUT2D eigenvalue weighted by molar-refractivity contribution is -0.0328. The maximum atomic E-state index is 12.4. The number of halogens is 3. The summed E-state index contributed by atoms with van der Waals surface area (Å²) < 4.78 is 48.3. The number of thioether (sulfide) groups is 1. The summed E-state index contributed by atoms with van der Waals surface area (Å²) in [6.45, 7) is 7.08. The number of aromatic nitrogens is 1. The zero-order valence-corrected chi connectivity index (χ0v) is 19.2. The van der Waals surface area contributed by atoms with Crippen LogP contribution in [-0.2, 0) is 11.3 Å². The second kappa shape index (κ2) is 9.68. The SMILES string of the molecule is CC(C)(C)OC(=O)N1CCC(c2nc(COc3ccc(SC(F)(F)F)cc3)cs2)CC1. The van der Waals surface area contributed by atoms with Crippen molar-refractivity contribution in [3.63, 3.8) is 0 Å². The van der Waals surface area contributed by atoms with Gasteiger partial charge in [-0.05, 0) is 69.6 Å². The predicted molar refractivity (Wildman–Crippen MR) is 115 cm³/mol. The van der Waals surface area contributed by atoms with Gasteiger partial charge in [-0.3, -0.25) is 0 Å². The molecule has 0 atom stereocenters. The molecule has 2 aromatic rings. The molecule has 0 N–H and O–H groups in total. The van der Waals surface area contributed by atoms with Gasteiger partial charge in [-0.15, -0.1) is 11.3 Å². The number of ether oxygens (including phenoxy) is 2. The molecule has 0 radical (unpaired) electrons. The number of carbonyl (C=O) groups is 1. The van der Waals surface area contributed by atoms with Crippen LogP contribution in [0.1, 0.15) is 50.2 Å². The molecule has 0 aliphatic carbocycles. The monoisotopic (exact) mass is 474 g/mol. The highest BCUT2D eigenvalue weighted by molar-refractivity contribution is 8.00. The van der Waals surface area contributed by atoms with Gasteiger partial charge in [0.05, 0.1) is 10.7 Å². The first-order valence-electron chi connectivity index (χ1n) is 9.89. The third-order valence-corrected chi connectivity index (χ3v) is 6.30. The molecule has 0 unspecified atom stereocenters. The Hall–Kier alpha value is -1.94. The van der Waals surface area contributed by atoms with Gasteiger partial charge >= 0.3 is 11.6 Å². The fourth-order valence-corrected chi connectivity index (χ4v) is 4.62. The number of hydrogen-bond donors (Lipinski definition) is 0. The molecule has 5 nitrogen and oxygen atoms in total. The summed E-state index contributed by atoms with van der Waals surface area (Å²) in [5.41, 5.74) is -4.03. The summed E-state index contributed by atoms with van der Waals surface area (Å²) in [5, 5.41) is 2.95. The van der Waals surface area contributed by atoms with E-state index in [0.29, 0.717) is 18.8 Å². The van der Waals surface area contributed by atoms with E-state index in [1.165, 1.54) is 24.3 Å². The van der Waals surface area contributed by atoms with Crippen LogP contribution in [0.5, 0.6) is 5.75 Å². The van der Waals surface area contributed by atoms with Crippen molar-refractivity contribution in [3.8, 4) is 5.75 Å². The molecule has 0 spiro atoms. The standard InChI is InChI=1S/C21H25F3N2O3S2/c1-20(2,3)29-19(27)26-10-8-14(9-11-26)18-25-15(13-30-18)12-28-16-4-6-17(7-5-16)31-21(22,23)24/h4-7,13-14H,8-12H2,1-3H3. The van der Waals surface area contributed by atoms with Crippen LogP contribution in [0.15, 0.2) is 34.5 Å². The number of amides is 1. The Balaban J connectivity index is 1.47. The highest BCUT2D eigenvalue weighted by Crippen LogP contribution is 2.37. The van der Waals surface area contributed by atoms with Crippen molar-refractivity contribution in [2.24, 2.45) is 0 Å². The topological polar surface area (TPSA) is 51.7 Å². The molecule has 1 aliphatic heterocycles. The highest BCUT2D eigenvalue weighted by Gasteiger charge is 2.30. The number of benzene rings is 1. The lowest BCUT2D eigenvalue weighted by atomic mass is 9.98. The van der Waals surface area contributed by atoms with Gasteiger partial charge in [-0.1, -0.05) is 0 Å². The van der Waals surface area contributed by atoms with Crippen LogP contribution in [0.3, 0.4) is 0 Å². The zero-order valence-electron chi connectivity index (χ0n) is 17.6. The first-order chi connectivity index (χ1) is 14.5. The van der Waals surface area contributed by atoms with Crippen molar-refractivity contribution in [1.82, 2.24) is 9.88 Å².